The molecule has 5 heteroatoms. The first-order valence-corrected chi connectivity index (χ1v) is 7.78. The van der Waals surface area contributed by atoms with E-state index in [0.717, 1.165) is 24.5 Å². The third-order valence-corrected chi connectivity index (χ3v) is 3.58. The fourth-order valence-corrected chi connectivity index (χ4v) is 2.49. The van der Waals surface area contributed by atoms with E-state index < -0.39 is 0 Å². The van der Waals surface area contributed by atoms with Gasteiger partial charge in [-0.05, 0) is 39.0 Å². The van der Waals surface area contributed by atoms with Crippen LogP contribution in [-0.2, 0) is 4.74 Å². The van der Waals surface area contributed by atoms with Gasteiger partial charge in [0.05, 0.1) is 6.61 Å². The molecular formula is C16H26N4O. The van der Waals surface area contributed by atoms with Crippen molar-refractivity contribution in [2.75, 3.05) is 37.4 Å². The summed E-state index contributed by atoms with van der Waals surface area (Å²) < 4.78 is 5.02. The maximum atomic E-state index is 5.02. The van der Waals surface area contributed by atoms with Gasteiger partial charge in [-0.25, -0.2) is 4.98 Å². The average molecular weight is 290 g/mol. The summed E-state index contributed by atoms with van der Waals surface area (Å²) in [7, 11) is 1.69. The molecule has 21 heavy (non-hydrogen) atoms. The zero-order valence-electron chi connectivity index (χ0n) is 13.1. The highest BCUT2D eigenvalue weighted by molar-refractivity contribution is 5.42. The van der Waals surface area contributed by atoms with E-state index in [9.17, 15) is 0 Å². The van der Waals surface area contributed by atoms with Crippen LogP contribution in [0, 0.1) is 6.92 Å². The first-order valence-electron chi connectivity index (χ1n) is 7.78. The van der Waals surface area contributed by atoms with E-state index in [4.69, 9.17) is 4.74 Å². The highest BCUT2D eigenvalue weighted by Crippen LogP contribution is 2.20. The molecule has 2 N–H and O–H groups in total. The maximum absolute atomic E-state index is 5.02. The van der Waals surface area contributed by atoms with Crippen LogP contribution in [0.25, 0.3) is 0 Å². The normalized spacial score (nSPS) is 14.7. The first-order chi connectivity index (χ1) is 10.3. The number of anilines is 2. The third-order valence-electron chi connectivity index (χ3n) is 3.58. The second kappa shape index (κ2) is 8.62. The Balaban J connectivity index is 1.82. The molecule has 0 aromatic carbocycles. The van der Waals surface area contributed by atoms with Gasteiger partial charge in [-0.15, -0.1) is 0 Å². The molecule has 1 aromatic rings. The minimum Gasteiger partial charge on any atom is -0.383 e. The van der Waals surface area contributed by atoms with E-state index in [1.54, 1.807) is 12.7 Å². The quantitative estimate of drug-likeness (QED) is 0.569. The lowest BCUT2D eigenvalue weighted by Gasteiger charge is -2.14. The lowest BCUT2D eigenvalue weighted by Crippen LogP contribution is -2.12. The molecule has 0 saturated carbocycles. The van der Waals surface area contributed by atoms with Crippen molar-refractivity contribution in [3.8, 4) is 0 Å². The minimum absolute atomic E-state index is 0.647. The van der Waals surface area contributed by atoms with Gasteiger partial charge in [-0.2, -0.15) is 4.98 Å². The Kier molecular flexibility index (Phi) is 6.47. The number of methoxy groups -OCH3 is 1. The van der Waals surface area contributed by atoms with Crippen molar-refractivity contribution in [1.29, 1.82) is 0 Å². The minimum atomic E-state index is 0.647. The Morgan fingerprint density at radius 2 is 2.10 bits per heavy atom. The summed E-state index contributed by atoms with van der Waals surface area (Å²) in [6.07, 6.45) is 8.69. The number of ether oxygens (including phenoxy) is 1. The number of rotatable bonds is 8. The van der Waals surface area contributed by atoms with Gasteiger partial charge in [-0.3, -0.25) is 0 Å². The number of nitrogens with zero attached hydrogens (tertiary/aromatic N) is 2. The highest BCUT2D eigenvalue weighted by atomic mass is 16.5. The molecule has 1 aromatic heterocycles. The summed E-state index contributed by atoms with van der Waals surface area (Å²) >= 11 is 0. The van der Waals surface area contributed by atoms with Crippen LogP contribution in [-0.4, -0.2) is 36.8 Å². The first kappa shape index (κ1) is 15.8. The largest absolute Gasteiger partial charge is 0.383 e. The van der Waals surface area contributed by atoms with E-state index in [-0.39, 0.29) is 0 Å². The number of hydrogen-bond donors (Lipinski definition) is 2. The standard InChI is InChI=1S/C16H26N4O/c1-13-12-15(20-16(19-13)18-10-11-21-2)17-9-8-14-6-4-3-5-7-14/h6,12H,3-5,7-11H2,1-2H3,(H2,17,18,19,20). The Morgan fingerprint density at radius 3 is 2.86 bits per heavy atom. The van der Waals surface area contributed by atoms with E-state index in [2.05, 4.69) is 26.7 Å². The van der Waals surface area contributed by atoms with Crippen molar-refractivity contribution < 1.29 is 4.74 Å². The van der Waals surface area contributed by atoms with Crippen molar-refractivity contribution in [2.45, 2.75) is 39.0 Å². The molecule has 2 rings (SSSR count). The number of hydrogen-bond acceptors (Lipinski definition) is 5. The SMILES string of the molecule is COCCNc1nc(C)cc(NCCC2=CCCCC2)n1. The Labute approximate surface area is 127 Å². The molecule has 116 valence electrons. The number of aromatic nitrogens is 2. The van der Waals surface area contributed by atoms with Crippen LogP contribution in [0.15, 0.2) is 17.7 Å². The Bertz CT molecular complexity index is 473. The van der Waals surface area contributed by atoms with Gasteiger partial charge in [0.25, 0.3) is 0 Å². The second-order valence-electron chi connectivity index (χ2n) is 5.42. The molecule has 0 saturated heterocycles. The van der Waals surface area contributed by atoms with Crippen molar-refractivity contribution in [3.05, 3.63) is 23.4 Å². The van der Waals surface area contributed by atoms with Gasteiger partial charge >= 0.3 is 0 Å². The lowest BCUT2D eigenvalue weighted by molar-refractivity contribution is 0.210. The van der Waals surface area contributed by atoms with Crippen molar-refractivity contribution >= 4 is 11.8 Å². The number of aryl methyl sites for hydroxylation is 1. The molecule has 5 nitrogen and oxygen atoms in total. The zero-order chi connectivity index (χ0) is 14.9. The fraction of sp³-hybridized carbons (Fsp3) is 0.625. The zero-order valence-corrected chi connectivity index (χ0v) is 13.1. The lowest BCUT2D eigenvalue weighted by atomic mass is 9.97. The van der Waals surface area contributed by atoms with Crippen molar-refractivity contribution in [3.63, 3.8) is 0 Å². The fourth-order valence-electron chi connectivity index (χ4n) is 2.49. The van der Waals surface area contributed by atoms with Crippen LogP contribution >= 0.6 is 0 Å². The molecule has 0 unspecified atom stereocenters. The van der Waals surface area contributed by atoms with Gasteiger partial charge in [-0.1, -0.05) is 11.6 Å². The van der Waals surface area contributed by atoms with Crippen LogP contribution in [0.1, 0.15) is 37.8 Å². The molecular weight excluding hydrogens is 264 g/mol. The van der Waals surface area contributed by atoms with Crippen LogP contribution in [0.2, 0.25) is 0 Å². The molecule has 0 aliphatic heterocycles. The average Bonchev–Trinajstić information content (AvgIpc) is 2.48. The van der Waals surface area contributed by atoms with Crippen molar-refractivity contribution in [2.24, 2.45) is 0 Å². The van der Waals surface area contributed by atoms with Gasteiger partial charge in [0.15, 0.2) is 0 Å². The van der Waals surface area contributed by atoms with E-state index >= 15 is 0 Å². The predicted octanol–water partition coefficient (Wildman–Crippen LogP) is 3.15. The van der Waals surface area contributed by atoms with E-state index in [1.807, 2.05) is 13.0 Å². The summed E-state index contributed by atoms with van der Waals surface area (Å²) in [6.45, 7) is 4.28. The second-order valence-corrected chi connectivity index (χ2v) is 5.42. The van der Waals surface area contributed by atoms with Gasteiger partial charge in [0, 0.05) is 32.0 Å². The summed E-state index contributed by atoms with van der Waals surface area (Å²) in [5.74, 6) is 1.55. The summed E-state index contributed by atoms with van der Waals surface area (Å²) in [5.41, 5.74) is 2.54. The molecule has 0 radical (unpaired) electrons. The molecule has 0 fully saturated rings. The summed E-state index contributed by atoms with van der Waals surface area (Å²) in [5, 5.41) is 6.57. The molecule has 1 aliphatic rings. The van der Waals surface area contributed by atoms with E-state index in [0.29, 0.717) is 19.1 Å². The molecule has 0 amide bonds. The van der Waals surface area contributed by atoms with Crippen LogP contribution < -0.4 is 10.6 Å². The molecule has 0 atom stereocenters. The number of nitrogens with one attached hydrogen (secondary N) is 2. The Hall–Kier alpha value is -1.62. The summed E-state index contributed by atoms with van der Waals surface area (Å²) in [6, 6.07) is 1.98. The van der Waals surface area contributed by atoms with Gasteiger partial charge in [0.1, 0.15) is 5.82 Å². The van der Waals surface area contributed by atoms with Crippen LogP contribution in [0.4, 0.5) is 11.8 Å². The monoisotopic (exact) mass is 290 g/mol. The highest BCUT2D eigenvalue weighted by Gasteiger charge is 2.05. The van der Waals surface area contributed by atoms with Crippen LogP contribution in [0.5, 0.6) is 0 Å². The predicted molar refractivity (Wildman–Crippen MR) is 86.8 cm³/mol. The van der Waals surface area contributed by atoms with E-state index in [1.165, 1.54) is 25.7 Å². The van der Waals surface area contributed by atoms with Crippen molar-refractivity contribution in [1.82, 2.24) is 9.97 Å². The molecule has 1 heterocycles. The van der Waals surface area contributed by atoms with Crippen LogP contribution in [0.3, 0.4) is 0 Å². The molecule has 0 spiro atoms. The Morgan fingerprint density at radius 1 is 1.19 bits per heavy atom. The third kappa shape index (κ3) is 5.71. The number of allylic oxidation sites excluding steroid dienone is 1. The topological polar surface area (TPSA) is 59.1 Å². The molecule has 1 aliphatic carbocycles. The van der Waals surface area contributed by atoms with Gasteiger partial charge < -0.3 is 15.4 Å². The maximum Gasteiger partial charge on any atom is 0.224 e. The molecule has 0 bridgehead atoms. The summed E-state index contributed by atoms with van der Waals surface area (Å²) in [4.78, 5) is 8.85. The van der Waals surface area contributed by atoms with Gasteiger partial charge in [0.2, 0.25) is 5.95 Å². The smallest absolute Gasteiger partial charge is 0.224 e.